The zero-order chi connectivity index (χ0) is 9.07. The van der Waals surface area contributed by atoms with Gasteiger partial charge in [0.15, 0.2) is 0 Å². The fourth-order valence-corrected chi connectivity index (χ4v) is 1.00. The summed E-state index contributed by atoms with van der Waals surface area (Å²) < 4.78 is 17.7. The van der Waals surface area contributed by atoms with Crippen molar-refractivity contribution in [1.29, 1.82) is 0 Å². The molecule has 12 heavy (non-hydrogen) atoms. The molecule has 0 aromatic carbocycles. The molecule has 0 heterocycles. The van der Waals surface area contributed by atoms with Crippen LogP contribution in [-0.4, -0.2) is 11.9 Å². The van der Waals surface area contributed by atoms with Gasteiger partial charge in [0.25, 0.3) is 0 Å². The monoisotopic (exact) mass is 188 g/mol. The number of rotatable bonds is 2. The summed E-state index contributed by atoms with van der Waals surface area (Å²) in [6.07, 6.45) is 0. The minimum absolute atomic E-state index is 0. The molecule has 0 saturated heterocycles. The van der Waals surface area contributed by atoms with E-state index in [1.807, 2.05) is 0 Å². The van der Waals surface area contributed by atoms with Gasteiger partial charge >= 0.3 is 38.6 Å². The average Bonchev–Trinajstić information content (AvgIpc) is 1.53. The van der Waals surface area contributed by atoms with Gasteiger partial charge in [0, 0.05) is 13.8 Å². The van der Waals surface area contributed by atoms with Gasteiger partial charge in [-0.25, -0.2) is 4.57 Å². The van der Waals surface area contributed by atoms with Crippen LogP contribution in [0.15, 0.2) is 0 Å². The Morgan fingerprint density at radius 1 is 1.17 bits per heavy atom. The average molecular weight is 188 g/mol. The van der Waals surface area contributed by atoms with E-state index in [-0.39, 0.29) is 18.9 Å². The molecule has 0 amide bonds. The molecule has 0 bridgehead atoms. The second-order valence-corrected chi connectivity index (χ2v) is 2.87. The molecular weight excluding hydrogens is 182 g/mol. The van der Waals surface area contributed by atoms with Crippen LogP contribution in [0.25, 0.3) is 0 Å². The summed E-state index contributed by atoms with van der Waals surface area (Å²) in [5.74, 6) is -2.10. The maximum Gasteiger partial charge on any atom is 1.00 e. The van der Waals surface area contributed by atoms with E-state index in [9.17, 15) is 19.0 Å². The summed E-state index contributed by atoms with van der Waals surface area (Å²) in [4.78, 5) is 30.5. The van der Waals surface area contributed by atoms with Crippen molar-refractivity contribution in [3.05, 3.63) is 0 Å². The molecule has 64 valence electrons. The smallest absolute Gasteiger partial charge is 0.736 e. The largest absolute Gasteiger partial charge is 1.00 e. The molecule has 0 aliphatic rings. The van der Waals surface area contributed by atoms with Gasteiger partial charge in [-0.05, 0) is 0 Å². The Balaban J connectivity index is 0. The first-order chi connectivity index (χ1) is 4.83. The van der Waals surface area contributed by atoms with Crippen LogP contribution in [0.2, 0.25) is 0 Å². The van der Waals surface area contributed by atoms with Crippen LogP contribution >= 0.6 is 7.82 Å². The van der Waals surface area contributed by atoms with Gasteiger partial charge in [0.1, 0.15) is 0 Å². The molecule has 0 aliphatic heterocycles. The zero-order valence-electron chi connectivity index (χ0n) is 6.90. The van der Waals surface area contributed by atoms with Crippen LogP contribution < -0.4 is 23.8 Å². The Hall–Kier alpha value is -0.273. The molecule has 0 aromatic heterocycles. The summed E-state index contributed by atoms with van der Waals surface area (Å²) in [5.41, 5.74) is 0. The van der Waals surface area contributed by atoms with E-state index >= 15 is 0 Å². The predicted molar refractivity (Wildman–Crippen MR) is 31.1 cm³/mol. The third-order valence-corrected chi connectivity index (χ3v) is 1.44. The topological polar surface area (TPSA) is 92.7 Å². The second-order valence-electron chi connectivity index (χ2n) is 1.61. The van der Waals surface area contributed by atoms with Crippen molar-refractivity contribution in [3.8, 4) is 0 Å². The first-order valence-corrected chi connectivity index (χ1v) is 4.01. The normalized spacial score (nSPS) is 9.58. The van der Waals surface area contributed by atoms with Crippen LogP contribution in [-0.2, 0) is 23.2 Å². The van der Waals surface area contributed by atoms with E-state index in [1.54, 1.807) is 0 Å². The maximum absolute atomic E-state index is 10.4. The van der Waals surface area contributed by atoms with E-state index in [2.05, 4.69) is 9.05 Å². The number of carbonyl (C=O) groups is 2. The summed E-state index contributed by atoms with van der Waals surface area (Å²) in [6.45, 7) is 1.77. The van der Waals surface area contributed by atoms with Crippen molar-refractivity contribution in [2.24, 2.45) is 0 Å². The van der Waals surface area contributed by atoms with Crippen molar-refractivity contribution in [1.82, 2.24) is 0 Å². The van der Waals surface area contributed by atoms with Gasteiger partial charge in [0.05, 0.1) is 0 Å². The van der Waals surface area contributed by atoms with Gasteiger partial charge < -0.3 is 13.9 Å². The number of carbonyl (C=O) groups excluding carboxylic acids is 2. The van der Waals surface area contributed by atoms with Crippen molar-refractivity contribution in [3.63, 3.8) is 0 Å². The summed E-state index contributed by atoms with van der Waals surface area (Å²) in [5, 5.41) is 0. The second kappa shape index (κ2) is 5.39. The van der Waals surface area contributed by atoms with Gasteiger partial charge in [0.2, 0.25) is 0 Å². The Morgan fingerprint density at radius 3 is 1.58 bits per heavy atom. The minimum Gasteiger partial charge on any atom is -0.736 e. The van der Waals surface area contributed by atoms with Gasteiger partial charge in [-0.3, -0.25) is 9.59 Å². The van der Waals surface area contributed by atoms with Crippen LogP contribution in [0.5, 0.6) is 0 Å². The molecule has 0 N–H and O–H groups in total. The zero-order valence-corrected chi connectivity index (χ0v) is 7.79. The van der Waals surface area contributed by atoms with Crippen molar-refractivity contribution >= 4 is 19.8 Å². The van der Waals surface area contributed by atoms with E-state index in [1.165, 1.54) is 0 Å². The molecule has 0 spiro atoms. The first kappa shape index (κ1) is 14.3. The van der Waals surface area contributed by atoms with Gasteiger partial charge in [-0.2, -0.15) is 0 Å². The molecule has 0 atom stereocenters. The van der Waals surface area contributed by atoms with E-state index < -0.39 is 19.8 Å². The van der Waals surface area contributed by atoms with Crippen LogP contribution in [0.4, 0.5) is 0 Å². The van der Waals surface area contributed by atoms with Crippen molar-refractivity contribution < 1.29 is 47.0 Å². The third-order valence-electron chi connectivity index (χ3n) is 0.481. The first-order valence-electron chi connectivity index (χ1n) is 2.55. The van der Waals surface area contributed by atoms with E-state index in [4.69, 9.17) is 0 Å². The van der Waals surface area contributed by atoms with Gasteiger partial charge in [-0.15, -0.1) is 0 Å². The predicted octanol–water partition coefficient (Wildman–Crippen LogP) is -3.41. The molecule has 0 fully saturated rings. The number of phosphoric ester groups is 1. The van der Waals surface area contributed by atoms with E-state index in [0.717, 1.165) is 13.8 Å². The molecule has 0 unspecified atom stereocenters. The van der Waals surface area contributed by atoms with Crippen molar-refractivity contribution in [2.75, 3.05) is 0 Å². The summed E-state index contributed by atoms with van der Waals surface area (Å²) in [6, 6.07) is 0. The molecule has 0 rings (SSSR count). The Kier molecular flexibility index (Phi) is 6.40. The quantitative estimate of drug-likeness (QED) is 0.331. The van der Waals surface area contributed by atoms with Gasteiger partial charge in [-0.1, -0.05) is 0 Å². The standard InChI is InChI=1S/C4H7O6P.Li/c1-3(5)9-11(7,8)10-4(2)6;/h1-2H3,(H,7,8);/q;+1/p-1. The fraction of sp³-hybridized carbons (Fsp3) is 0.500. The van der Waals surface area contributed by atoms with Crippen LogP contribution in [0, 0.1) is 0 Å². The van der Waals surface area contributed by atoms with Crippen molar-refractivity contribution in [2.45, 2.75) is 13.8 Å². The van der Waals surface area contributed by atoms with Crippen LogP contribution in [0.1, 0.15) is 13.8 Å². The maximum atomic E-state index is 10.4. The fourth-order valence-electron chi connectivity index (χ4n) is 0.334. The summed E-state index contributed by atoms with van der Waals surface area (Å²) >= 11 is 0. The molecule has 0 aliphatic carbocycles. The number of phosphoric acid groups is 1. The minimum atomic E-state index is -4.75. The molecular formula is C4H6LiO6P. The molecule has 6 nitrogen and oxygen atoms in total. The number of hydrogen-bond donors (Lipinski definition) is 0. The molecule has 0 saturated carbocycles. The van der Waals surface area contributed by atoms with E-state index in [0.29, 0.717) is 0 Å². The summed E-state index contributed by atoms with van der Waals surface area (Å²) in [7, 11) is -4.75. The van der Waals surface area contributed by atoms with Crippen LogP contribution in [0.3, 0.4) is 0 Å². The molecule has 0 radical (unpaired) electrons. The SMILES string of the molecule is CC(=O)OP(=O)([O-])OC(C)=O.[Li+]. The Bertz CT molecular complexity index is 206. The molecule has 8 heteroatoms. The Labute approximate surface area is 81.0 Å². The third kappa shape index (κ3) is 7.83. The number of hydrogen-bond acceptors (Lipinski definition) is 6. The Morgan fingerprint density at radius 2 is 1.42 bits per heavy atom. The molecule has 0 aromatic rings.